The molecule has 146 valence electrons. The Morgan fingerprint density at radius 2 is 1.90 bits per heavy atom. The van der Waals surface area contributed by atoms with E-state index in [0.29, 0.717) is 12.1 Å². The van der Waals surface area contributed by atoms with E-state index in [1.165, 1.54) is 5.56 Å². The third kappa shape index (κ3) is 5.46. The van der Waals surface area contributed by atoms with Crippen LogP contribution < -0.4 is 4.90 Å². The van der Waals surface area contributed by atoms with Gasteiger partial charge in [0, 0.05) is 40.8 Å². The van der Waals surface area contributed by atoms with E-state index in [1.54, 1.807) is 22.9 Å². The Hall–Kier alpha value is -3.10. The van der Waals surface area contributed by atoms with Crippen LogP contribution in [0.4, 0.5) is 5.69 Å². The molecular formula is C24H23N3OS. The van der Waals surface area contributed by atoms with Crippen molar-refractivity contribution >= 4 is 23.4 Å². The minimum absolute atomic E-state index is 0.0905. The topological polar surface area (TPSA) is 57.0 Å². The zero-order valence-electron chi connectivity index (χ0n) is 16.6. The molecule has 0 spiro atoms. The summed E-state index contributed by atoms with van der Waals surface area (Å²) in [6.07, 6.45) is 3.92. The Morgan fingerprint density at radius 1 is 1.10 bits per heavy atom. The molecule has 2 aromatic carbocycles. The molecule has 1 amide bonds. The summed E-state index contributed by atoms with van der Waals surface area (Å²) in [4.78, 5) is 20.1. The molecule has 0 radical (unpaired) electrons. The van der Waals surface area contributed by atoms with E-state index in [9.17, 15) is 4.79 Å². The summed E-state index contributed by atoms with van der Waals surface area (Å²) in [6, 6.07) is 19.7. The monoisotopic (exact) mass is 401 g/mol. The fraction of sp³-hybridized carbons (Fsp3) is 0.208. The molecule has 29 heavy (non-hydrogen) atoms. The maximum atomic E-state index is 13.1. The molecule has 0 saturated heterocycles. The summed E-state index contributed by atoms with van der Waals surface area (Å²) in [5.41, 5.74) is 4.90. The lowest BCUT2D eigenvalue weighted by molar-refractivity contribution is 0.0987. The molecule has 0 fully saturated rings. The highest BCUT2D eigenvalue weighted by Gasteiger charge is 2.18. The lowest BCUT2D eigenvalue weighted by Crippen LogP contribution is -2.31. The van der Waals surface area contributed by atoms with E-state index in [4.69, 9.17) is 5.26 Å². The Labute approximate surface area is 176 Å². The third-order valence-electron chi connectivity index (χ3n) is 4.72. The Morgan fingerprint density at radius 3 is 2.55 bits per heavy atom. The average Bonchev–Trinajstić information content (AvgIpc) is 2.76. The lowest BCUT2D eigenvalue weighted by atomic mass is 10.1. The number of nitriles is 1. The number of pyridine rings is 1. The van der Waals surface area contributed by atoms with Gasteiger partial charge in [0.15, 0.2) is 0 Å². The van der Waals surface area contributed by atoms with Crippen molar-refractivity contribution in [3.8, 4) is 6.07 Å². The summed E-state index contributed by atoms with van der Waals surface area (Å²) >= 11 is 1.71. The number of aromatic nitrogens is 1. The van der Waals surface area contributed by atoms with Gasteiger partial charge in [-0.2, -0.15) is 5.26 Å². The molecule has 1 aromatic heterocycles. The first-order valence-electron chi connectivity index (χ1n) is 9.46. The molecule has 5 heteroatoms. The molecule has 3 rings (SSSR count). The molecule has 4 nitrogen and oxygen atoms in total. The van der Waals surface area contributed by atoms with Crippen LogP contribution in [0.1, 0.15) is 33.5 Å². The van der Waals surface area contributed by atoms with Crippen molar-refractivity contribution in [2.24, 2.45) is 0 Å². The molecule has 3 aromatic rings. The number of thioether (sulfide) groups is 1. The number of anilines is 1. The predicted octanol–water partition coefficient (Wildman–Crippen LogP) is 5.55. The maximum Gasteiger partial charge on any atom is 0.258 e. The second kappa shape index (κ2) is 9.90. The van der Waals surface area contributed by atoms with E-state index >= 15 is 0 Å². The first kappa shape index (κ1) is 20.6. The molecule has 0 aliphatic carbocycles. The van der Waals surface area contributed by atoms with E-state index in [1.807, 2.05) is 68.6 Å². The van der Waals surface area contributed by atoms with Gasteiger partial charge < -0.3 is 4.90 Å². The van der Waals surface area contributed by atoms with Crippen molar-refractivity contribution in [3.05, 3.63) is 89.2 Å². The number of rotatable bonds is 7. The van der Waals surface area contributed by atoms with Gasteiger partial charge in [0.2, 0.25) is 0 Å². The number of carbonyl (C=O) groups excluding carboxylic acids is 1. The molecular weight excluding hydrogens is 378 g/mol. The normalized spacial score (nSPS) is 10.4. The average molecular weight is 402 g/mol. The highest BCUT2D eigenvalue weighted by atomic mass is 32.2. The van der Waals surface area contributed by atoms with Crippen molar-refractivity contribution in [2.75, 3.05) is 11.4 Å². The summed E-state index contributed by atoms with van der Waals surface area (Å²) in [5, 5.41) is 9.01. The molecule has 1 heterocycles. The van der Waals surface area contributed by atoms with Gasteiger partial charge in [-0.25, -0.2) is 0 Å². The standard InChI is InChI=1S/C24H23N3OS/c1-18-6-9-22(15-19(18)2)27(14-4-12-25)24(28)21-7-10-23(11-8-21)29-17-20-5-3-13-26-16-20/h3,5-11,13,15-16H,4,14,17H2,1-2H3. The van der Waals surface area contributed by atoms with Gasteiger partial charge >= 0.3 is 0 Å². The Bertz CT molecular complexity index is 1010. The quantitative estimate of drug-likeness (QED) is 0.487. The van der Waals surface area contributed by atoms with Crippen LogP contribution in [0.3, 0.4) is 0 Å². The van der Waals surface area contributed by atoms with Crippen LogP contribution in [-0.4, -0.2) is 17.4 Å². The summed E-state index contributed by atoms with van der Waals surface area (Å²) in [6.45, 7) is 4.44. The van der Waals surface area contributed by atoms with Gasteiger partial charge in [0.25, 0.3) is 5.91 Å². The number of carbonyl (C=O) groups is 1. The SMILES string of the molecule is Cc1ccc(N(CCC#N)C(=O)c2ccc(SCc3cccnc3)cc2)cc1C. The molecule has 0 atom stereocenters. The van der Waals surface area contributed by atoms with Gasteiger partial charge in [0.1, 0.15) is 0 Å². The summed E-state index contributed by atoms with van der Waals surface area (Å²) in [7, 11) is 0. The first-order chi connectivity index (χ1) is 14.1. The van der Waals surface area contributed by atoms with E-state index in [0.717, 1.165) is 27.5 Å². The van der Waals surface area contributed by atoms with Crippen LogP contribution in [0.5, 0.6) is 0 Å². The minimum atomic E-state index is -0.0905. The van der Waals surface area contributed by atoms with Crippen LogP contribution in [0.25, 0.3) is 0 Å². The minimum Gasteiger partial charge on any atom is -0.307 e. The van der Waals surface area contributed by atoms with Crippen LogP contribution in [0.15, 0.2) is 71.9 Å². The number of amides is 1. The number of hydrogen-bond donors (Lipinski definition) is 0. The van der Waals surface area contributed by atoms with Crippen LogP contribution in [-0.2, 0) is 5.75 Å². The summed E-state index contributed by atoms with van der Waals surface area (Å²) < 4.78 is 0. The van der Waals surface area contributed by atoms with Gasteiger partial charge in [0.05, 0.1) is 12.5 Å². The highest BCUT2D eigenvalue weighted by Crippen LogP contribution is 2.25. The third-order valence-corrected chi connectivity index (χ3v) is 5.81. The fourth-order valence-electron chi connectivity index (χ4n) is 2.90. The van der Waals surface area contributed by atoms with Crippen molar-refractivity contribution in [1.29, 1.82) is 5.26 Å². The molecule has 0 bridgehead atoms. The molecule has 0 N–H and O–H groups in total. The largest absolute Gasteiger partial charge is 0.307 e. The van der Waals surface area contributed by atoms with Crippen molar-refractivity contribution < 1.29 is 4.79 Å². The second-order valence-corrected chi connectivity index (χ2v) is 7.86. The predicted molar refractivity (Wildman–Crippen MR) is 118 cm³/mol. The number of hydrogen-bond acceptors (Lipinski definition) is 4. The van der Waals surface area contributed by atoms with Gasteiger partial charge in [-0.1, -0.05) is 12.1 Å². The zero-order chi connectivity index (χ0) is 20.6. The number of benzene rings is 2. The Kier molecular flexibility index (Phi) is 7.04. The van der Waals surface area contributed by atoms with Gasteiger partial charge in [-0.05, 0) is 73.0 Å². The first-order valence-corrected chi connectivity index (χ1v) is 10.4. The van der Waals surface area contributed by atoms with Crippen molar-refractivity contribution in [1.82, 2.24) is 4.98 Å². The smallest absolute Gasteiger partial charge is 0.258 e. The van der Waals surface area contributed by atoms with Gasteiger partial charge in [-0.3, -0.25) is 9.78 Å². The second-order valence-electron chi connectivity index (χ2n) is 6.81. The Balaban J connectivity index is 1.75. The van der Waals surface area contributed by atoms with Crippen molar-refractivity contribution in [2.45, 2.75) is 30.9 Å². The fourth-order valence-corrected chi connectivity index (χ4v) is 3.74. The lowest BCUT2D eigenvalue weighted by Gasteiger charge is -2.23. The molecule has 0 aliphatic rings. The van der Waals surface area contributed by atoms with E-state index in [-0.39, 0.29) is 12.3 Å². The van der Waals surface area contributed by atoms with Crippen LogP contribution in [0, 0.1) is 25.2 Å². The summed E-state index contributed by atoms with van der Waals surface area (Å²) in [5.74, 6) is 0.741. The highest BCUT2D eigenvalue weighted by molar-refractivity contribution is 7.98. The van der Waals surface area contributed by atoms with E-state index in [2.05, 4.69) is 17.1 Å². The van der Waals surface area contributed by atoms with E-state index < -0.39 is 0 Å². The molecule has 0 saturated carbocycles. The number of aryl methyl sites for hydroxylation is 2. The maximum absolute atomic E-state index is 13.1. The van der Waals surface area contributed by atoms with Gasteiger partial charge in [-0.15, -0.1) is 11.8 Å². The number of nitrogens with zero attached hydrogens (tertiary/aromatic N) is 3. The molecule has 0 aliphatic heterocycles. The van der Waals surface area contributed by atoms with Crippen molar-refractivity contribution in [3.63, 3.8) is 0 Å². The van der Waals surface area contributed by atoms with Crippen LogP contribution in [0.2, 0.25) is 0 Å². The van der Waals surface area contributed by atoms with Crippen LogP contribution >= 0.6 is 11.8 Å². The zero-order valence-corrected chi connectivity index (χ0v) is 17.4. The molecule has 0 unspecified atom stereocenters.